The van der Waals surface area contributed by atoms with Gasteiger partial charge in [0, 0.05) is 19.6 Å². The fraction of sp³-hybridized carbons (Fsp3) is 0.562. The molecule has 0 aromatic heterocycles. The molecule has 100 valence electrons. The van der Waals surface area contributed by atoms with Gasteiger partial charge in [0.1, 0.15) is 6.07 Å². The number of nitriles is 1. The lowest BCUT2D eigenvalue weighted by Crippen LogP contribution is -2.54. The lowest BCUT2D eigenvalue weighted by molar-refractivity contribution is 0.188. The lowest BCUT2D eigenvalue weighted by Gasteiger charge is -2.44. The van der Waals surface area contributed by atoms with Crippen LogP contribution < -0.4 is 4.90 Å². The first kappa shape index (κ1) is 12.5. The number of rotatable bonds is 3. The Morgan fingerprint density at radius 1 is 1.26 bits per heavy atom. The molecular formula is C16H21N3. The van der Waals surface area contributed by atoms with Crippen LogP contribution in [0.15, 0.2) is 24.3 Å². The van der Waals surface area contributed by atoms with E-state index in [2.05, 4.69) is 28.9 Å². The Morgan fingerprint density at radius 3 is 2.58 bits per heavy atom. The van der Waals surface area contributed by atoms with Crippen LogP contribution in [0, 0.1) is 11.3 Å². The molecule has 0 radical (unpaired) electrons. The maximum Gasteiger partial charge on any atom is 0.101 e. The monoisotopic (exact) mass is 255 g/mol. The van der Waals surface area contributed by atoms with Gasteiger partial charge in [0.25, 0.3) is 0 Å². The third kappa shape index (κ3) is 1.82. The van der Waals surface area contributed by atoms with Gasteiger partial charge in [-0.25, -0.2) is 0 Å². The first-order valence-electron chi connectivity index (χ1n) is 7.33. The maximum absolute atomic E-state index is 9.35. The van der Waals surface area contributed by atoms with Gasteiger partial charge in [-0.3, -0.25) is 4.90 Å². The Labute approximate surface area is 115 Å². The first-order valence-corrected chi connectivity index (χ1v) is 7.33. The SMILES string of the molecule is CCN(c1ccccc1C#N)C12CCCN1CCC2. The summed E-state index contributed by atoms with van der Waals surface area (Å²) in [6.45, 7) is 5.60. The standard InChI is InChI=1S/C16H21N3/c1-2-19(15-8-4-3-7-14(15)13-17)16-9-5-11-18(16)12-6-10-16/h3-4,7-8H,2,5-6,9-12H2,1H3. The predicted octanol–water partition coefficient (Wildman–Crippen LogP) is 2.97. The molecule has 2 saturated heterocycles. The van der Waals surface area contributed by atoms with Gasteiger partial charge in [-0.2, -0.15) is 5.26 Å². The zero-order valence-electron chi connectivity index (χ0n) is 11.6. The molecule has 1 aromatic rings. The smallest absolute Gasteiger partial charge is 0.101 e. The molecule has 19 heavy (non-hydrogen) atoms. The van der Waals surface area contributed by atoms with E-state index >= 15 is 0 Å². The van der Waals surface area contributed by atoms with E-state index in [4.69, 9.17) is 0 Å². The van der Waals surface area contributed by atoms with Gasteiger partial charge in [-0.05, 0) is 44.7 Å². The Bertz CT molecular complexity index is 493. The highest BCUT2D eigenvalue weighted by molar-refractivity contribution is 5.61. The summed E-state index contributed by atoms with van der Waals surface area (Å²) in [5.74, 6) is 0. The molecule has 0 N–H and O–H groups in total. The van der Waals surface area contributed by atoms with E-state index in [1.807, 2.05) is 18.2 Å². The van der Waals surface area contributed by atoms with Crippen LogP contribution in [-0.2, 0) is 0 Å². The van der Waals surface area contributed by atoms with Crippen LogP contribution >= 0.6 is 0 Å². The average molecular weight is 255 g/mol. The van der Waals surface area contributed by atoms with E-state index in [1.165, 1.54) is 38.8 Å². The number of nitrogens with zero attached hydrogens (tertiary/aromatic N) is 3. The van der Waals surface area contributed by atoms with Gasteiger partial charge in [-0.15, -0.1) is 0 Å². The van der Waals surface area contributed by atoms with Crippen molar-refractivity contribution < 1.29 is 0 Å². The summed E-state index contributed by atoms with van der Waals surface area (Å²) in [6, 6.07) is 10.4. The molecule has 0 amide bonds. The van der Waals surface area contributed by atoms with E-state index in [0.717, 1.165) is 17.8 Å². The van der Waals surface area contributed by atoms with Gasteiger partial charge >= 0.3 is 0 Å². The summed E-state index contributed by atoms with van der Waals surface area (Å²) in [7, 11) is 0. The zero-order chi connectivity index (χ0) is 13.3. The molecule has 2 aliphatic rings. The number of anilines is 1. The molecule has 2 fully saturated rings. The molecule has 0 unspecified atom stereocenters. The third-order valence-corrected chi connectivity index (χ3v) is 4.73. The Morgan fingerprint density at radius 2 is 1.95 bits per heavy atom. The van der Waals surface area contributed by atoms with Gasteiger partial charge in [0.15, 0.2) is 0 Å². The quantitative estimate of drug-likeness (QED) is 0.832. The molecule has 3 nitrogen and oxygen atoms in total. The average Bonchev–Trinajstić information content (AvgIpc) is 3.00. The van der Waals surface area contributed by atoms with Crippen LogP contribution in [0.2, 0.25) is 0 Å². The van der Waals surface area contributed by atoms with E-state index in [0.29, 0.717) is 0 Å². The van der Waals surface area contributed by atoms with Crippen molar-refractivity contribution in [2.24, 2.45) is 0 Å². The summed E-state index contributed by atoms with van der Waals surface area (Å²) in [5.41, 5.74) is 2.10. The van der Waals surface area contributed by atoms with Gasteiger partial charge in [-0.1, -0.05) is 12.1 Å². The number of hydrogen-bond donors (Lipinski definition) is 0. The molecule has 2 heterocycles. The summed E-state index contributed by atoms with van der Waals surface area (Å²) in [5, 5.41) is 9.35. The molecule has 0 saturated carbocycles. The predicted molar refractivity (Wildman–Crippen MR) is 76.9 cm³/mol. The van der Waals surface area contributed by atoms with Crippen LogP contribution in [0.4, 0.5) is 5.69 Å². The highest BCUT2D eigenvalue weighted by Gasteiger charge is 2.48. The molecule has 0 bridgehead atoms. The topological polar surface area (TPSA) is 30.3 Å². The van der Waals surface area contributed by atoms with Crippen molar-refractivity contribution in [2.75, 3.05) is 24.5 Å². The zero-order valence-corrected chi connectivity index (χ0v) is 11.6. The van der Waals surface area contributed by atoms with E-state index < -0.39 is 0 Å². The van der Waals surface area contributed by atoms with Crippen molar-refractivity contribution in [3.8, 4) is 6.07 Å². The molecule has 2 aliphatic heterocycles. The summed E-state index contributed by atoms with van der Waals surface area (Å²) < 4.78 is 0. The van der Waals surface area contributed by atoms with Crippen LogP contribution in [-0.4, -0.2) is 30.2 Å². The number of benzene rings is 1. The second kappa shape index (κ2) is 4.86. The van der Waals surface area contributed by atoms with Crippen LogP contribution in [0.3, 0.4) is 0 Å². The van der Waals surface area contributed by atoms with Crippen molar-refractivity contribution in [3.05, 3.63) is 29.8 Å². The minimum absolute atomic E-state index is 0.182. The van der Waals surface area contributed by atoms with Gasteiger partial charge < -0.3 is 4.90 Å². The summed E-state index contributed by atoms with van der Waals surface area (Å²) >= 11 is 0. The van der Waals surface area contributed by atoms with Gasteiger partial charge in [0.05, 0.1) is 16.9 Å². The second-order valence-corrected chi connectivity index (χ2v) is 5.55. The molecule has 3 rings (SSSR count). The third-order valence-electron chi connectivity index (χ3n) is 4.73. The fourth-order valence-corrected chi connectivity index (χ4v) is 4.01. The minimum atomic E-state index is 0.182. The Balaban J connectivity index is 2.03. The van der Waals surface area contributed by atoms with Crippen molar-refractivity contribution in [3.63, 3.8) is 0 Å². The minimum Gasteiger partial charge on any atom is -0.352 e. The summed E-state index contributed by atoms with van der Waals surface area (Å²) in [4.78, 5) is 5.11. The van der Waals surface area contributed by atoms with Crippen molar-refractivity contribution in [1.82, 2.24) is 4.90 Å². The molecular weight excluding hydrogens is 234 g/mol. The number of fused-ring (bicyclic) bond motifs is 1. The molecule has 3 heteroatoms. The van der Waals surface area contributed by atoms with E-state index in [-0.39, 0.29) is 5.66 Å². The van der Waals surface area contributed by atoms with Crippen molar-refractivity contribution in [2.45, 2.75) is 38.3 Å². The Hall–Kier alpha value is -1.53. The van der Waals surface area contributed by atoms with Crippen molar-refractivity contribution >= 4 is 5.69 Å². The molecule has 0 atom stereocenters. The normalized spacial score (nSPS) is 21.1. The summed E-state index contributed by atoms with van der Waals surface area (Å²) in [6.07, 6.45) is 5.04. The van der Waals surface area contributed by atoms with Crippen LogP contribution in [0.1, 0.15) is 38.2 Å². The van der Waals surface area contributed by atoms with E-state index in [9.17, 15) is 5.26 Å². The highest BCUT2D eigenvalue weighted by Crippen LogP contribution is 2.44. The second-order valence-electron chi connectivity index (χ2n) is 5.55. The molecule has 0 spiro atoms. The van der Waals surface area contributed by atoms with Crippen LogP contribution in [0.25, 0.3) is 0 Å². The number of para-hydroxylation sites is 1. The first-order chi connectivity index (χ1) is 9.31. The Kier molecular flexibility index (Phi) is 3.20. The fourth-order valence-electron chi connectivity index (χ4n) is 4.01. The lowest BCUT2D eigenvalue weighted by atomic mass is 10.00. The highest BCUT2D eigenvalue weighted by atomic mass is 15.4. The van der Waals surface area contributed by atoms with Crippen LogP contribution in [0.5, 0.6) is 0 Å². The maximum atomic E-state index is 9.35. The van der Waals surface area contributed by atoms with Crippen molar-refractivity contribution in [1.29, 1.82) is 5.26 Å². The van der Waals surface area contributed by atoms with E-state index in [1.54, 1.807) is 0 Å². The molecule has 1 aromatic carbocycles. The largest absolute Gasteiger partial charge is 0.352 e. The molecule has 0 aliphatic carbocycles. The number of hydrogen-bond acceptors (Lipinski definition) is 3. The van der Waals surface area contributed by atoms with Gasteiger partial charge in [0.2, 0.25) is 0 Å².